The summed E-state index contributed by atoms with van der Waals surface area (Å²) in [6.07, 6.45) is 0. The van der Waals surface area contributed by atoms with Crippen molar-refractivity contribution >= 4 is 11.6 Å². The summed E-state index contributed by atoms with van der Waals surface area (Å²) in [7, 11) is 1.76. The first-order chi connectivity index (χ1) is 9.47. The lowest BCUT2D eigenvalue weighted by Crippen LogP contribution is -2.27. The van der Waals surface area contributed by atoms with Crippen LogP contribution in [0, 0.1) is 13.8 Å². The highest BCUT2D eigenvalue weighted by atomic mass is 16.2. The number of hydrogen-bond acceptors (Lipinski definition) is 3. The highest BCUT2D eigenvalue weighted by Gasteiger charge is 2.15. The van der Waals surface area contributed by atoms with E-state index >= 15 is 0 Å². The van der Waals surface area contributed by atoms with Gasteiger partial charge in [0, 0.05) is 18.4 Å². The molecule has 104 valence electrons. The molecule has 0 radical (unpaired) electrons. The van der Waals surface area contributed by atoms with Crippen molar-refractivity contribution in [3.8, 4) is 0 Å². The van der Waals surface area contributed by atoms with Crippen molar-refractivity contribution in [3.63, 3.8) is 0 Å². The van der Waals surface area contributed by atoms with Gasteiger partial charge >= 0.3 is 0 Å². The molecule has 1 heterocycles. The Morgan fingerprint density at radius 2 is 2.00 bits per heavy atom. The Labute approximate surface area is 119 Å². The summed E-state index contributed by atoms with van der Waals surface area (Å²) < 4.78 is 0. The number of nitrogens with two attached hydrogens (primary N) is 1. The molecule has 0 aliphatic heterocycles. The van der Waals surface area contributed by atoms with E-state index < -0.39 is 0 Å². The maximum Gasteiger partial charge on any atom is 0.256 e. The van der Waals surface area contributed by atoms with Crippen molar-refractivity contribution in [2.45, 2.75) is 20.4 Å². The molecule has 2 aromatic rings. The Hall–Kier alpha value is -2.36. The van der Waals surface area contributed by atoms with Crippen molar-refractivity contribution in [2.24, 2.45) is 0 Å². The largest absolute Gasteiger partial charge is 0.398 e. The van der Waals surface area contributed by atoms with Gasteiger partial charge in [0.25, 0.3) is 5.91 Å². The van der Waals surface area contributed by atoms with E-state index in [4.69, 9.17) is 5.73 Å². The number of anilines is 1. The molecule has 4 nitrogen and oxygen atoms in total. The predicted octanol–water partition coefficient (Wildman–Crippen LogP) is 2.55. The van der Waals surface area contributed by atoms with Crippen LogP contribution in [0.15, 0.2) is 36.4 Å². The summed E-state index contributed by atoms with van der Waals surface area (Å²) in [5, 5.41) is 0. The van der Waals surface area contributed by atoms with Gasteiger partial charge in [-0.3, -0.25) is 9.78 Å². The fraction of sp³-hybridized carbons (Fsp3) is 0.250. The number of nitrogen functional groups attached to an aromatic ring is 1. The lowest BCUT2D eigenvalue weighted by atomic mass is 10.1. The number of amides is 1. The number of nitrogens with zero attached hydrogens (tertiary/aromatic N) is 2. The molecule has 0 saturated carbocycles. The number of carbonyl (C=O) groups excluding carboxylic acids is 1. The van der Waals surface area contributed by atoms with Crippen LogP contribution in [0.5, 0.6) is 0 Å². The minimum Gasteiger partial charge on any atom is -0.398 e. The average molecular weight is 269 g/mol. The zero-order valence-electron chi connectivity index (χ0n) is 12.1. The summed E-state index contributed by atoms with van der Waals surface area (Å²) in [5.41, 5.74) is 9.76. The topological polar surface area (TPSA) is 59.2 Å². The highest BCUT2D eigenvalue weighted by Crippen LogP contribution is 2.16. The van der Waals surface area contributed by atoms with Crippen LogP contribution in [0.4, 0.5) is 5.69 Å². The van der Waals surface area contributed by atoms with Gasteiger partial charge in [-0.15, -0.1) is 0 Å². The monoisotopic (exact) mass is 269 g/mol. The number of aromatic nitrogens is 1. The molecule has 1 aromatic heterocycles. The predicted molar refractivity (Wildman–Crippen MR) is 80.4 cm³/mol. The van der Waals surface area contributed by atoms with Gasteiger partial charge in [0.2, 0.25) is 0 Å². The third-order valence-electron chi connectivity index (χ3n) is 3.13. The fourth-order valence-corrected chi connectivity index (χ4v) is 2.06. The molecular formula is C16H19N3O. The van der Waals surface area contributed by atoms with Crippen molar-refractivity contribution < 1.29 is 4.79 Å². The summed E-state index contributed by atoms with van der Waals surface area (Å²) in [6, 6.07) is 11.3. The van der Waals surface area contributed by atoms with Gasteiger partial charge in [-0.25, -0.2) is 0 Å². The van der Waals surface area contributed by atoms with Crippen molar-refractivity contribution in [3.05, 3.63) is 58.9 Å². The Bertz CT molecular complexity index is 637. The first-order valence-electron chi connectivity index (χ1n) is 6.51. The highest BCUT2D eigenvalue weighted by molar-refractivity contribution is 5.99. The molecule has 0 fully saturated rings. The molecule has 1 amide bonds. The van der Waals surface area contributed by atoms with Gasteiger partial charge in [-0.1, -0.05) is 17.7 Å². The third-order valence-corrected chi connectivity index (χ3v) is 3.13. The van der Waals surface area contributed by atoms with Crippen LogP contribution in [0.2, 0.25) is 0 Å². The maximum absolute atomic E-state index is 12.4. The molecule has 0 aliphatic rings. The zero-order valence-corrected chi connectivity index (χ0v) is 12.1. The van der Waals surface area contributed by atoms with Crippen LogP contribution in [0.1, 0.15) is 27.3 Å². The zero-order chi connectivity index (χ0) is 14.7. The van der Waals surface area contributed by atoms with E-state index in [2.05, 4.69) is 4.98 Å². The SMILES string of the molecule is Cc1ccc(N)c(C(=O)N(C)Cc2cccc(C)n2)c1. The van der Waals surface area contributed by atoms with E-state index in [1.165, 1.54) is 0 Å². The number of carbonyl (C=O) groups is 1. The van der Waals surface area contributed by atoms with Gasteiger partial charge in [0.15, 0.2) is 0 Å². The molecule has 20 heavy (non-hydrogen) atoms. The Morgan fingerprint density at radius 3 is 2.70 bits per heavy atom. The summed E-state index contributed by atoms with van der Waals surface area (Å²) in [4.78, 5) is 18.5. The van der Waals surface area contributed by atoms with Crippen LogP contribution in [0.25, 0.3) is 0 Å². The number of benzene rings is 1. The molecule has 4 heteroatoms. The molecular weight excluding hydrogens is 250 g/mol. The molecule has 0 spiro atoms. The molecule has 2 N–H and O–H groups in total. The lowest BCUT2D eigenvalue weighted by Gasteiger charge is -2.18. The Balaban J connectivity index is 2.18. The van der Waals surface area contributed by atoms with E-state index in [9.17, 15) is 4.79 Å². The molecule has 2 rings (SSSR count). The standard InChI is InChI=1S/C16H19N3O/c1-11-7-8-15(17)14(9-11)16(20)19(3)10-13-6-4-5-12(2)18-13/h4-9H,10,17H2,1-3H3. The normalized spacial score (nSPS) is 10.3. The molecule has 1 aromatic carbocycles. The summed E-state index contributed by atoms with van der Waals surface area (Å²) >= 11 is 0. The van der Waals surface area contributed by atoms with Crippen LogP contribution in [-0.2, 0) is 6.54 Å². The van der Waals surface area contributed by atoms with Crippen molar-refractivity contribution in [1.82, 2.24) is 9.88 Å². The van der Waals surface area contributed by atoms with Gasteiger partial charge in [-0.2, -0.15) is 0 Å². The smallest absolute Gasteiger partial charge is 0.256 e. The second kappa shape index (κ2) is 5.74. The van der Waals surface area contributed by atoms with Crippen LogP contribution in [0.3, 0.4) is 0 Å². The van der Waals surface area contributed by atoms with Gasteiger partial charge in [-0.05, 0) is 38.1 Å². The summed E-state index contributed by atoms with van der Waals surface area (Å²) in [6.45, 7) is 4.34. The minimum absolute atomic E-state index is 0.0884. The van der Waals surface area contributed by atoms with Crippen molar-refractivity contribution in [1.29, 1.82) is 0 Å². The van der Waals surface area contributed by atoms with E-state index in [1.54, 1.807) is 18.0 Å². The van der Waals surface area contributed by atoms with Gasteiger partial charge in [0.1, 0.15) is 0 Å². The number of hydrogen-bond donors (Lipinski definition) is 1. The number of rotatable bonds is 3. The molecule has 0 saturated heterocycles. The van der Waals surface area contributed by atoms with E-state index in [-0.39, 0.29) is 5.91 Å². The Kier molecular flexibility index (Phi) is 4.03. The Morgan fingerprint density at radius 1 is 1.25 bits per heavy atom. The van der Waals surface area contributed by atoms with Crippen LogP contribution in [-0.4, -0.2) is 22.8 Å². The molecule has 0 unspecified atom stereocenters. The average Bonchev–Trinajstić information content (AvgIpc) is 2.40. The summed E-state index contributed by atoms with van der Waals surface area (Å²) in [5.74, 6) is -0.0884. The van der Waals surface area contributed by atoms with E-state index in [1.807, 2.05) is 44.2 Å². The third kappa shape index (κ3) is 3.15. The number of pyridine rings is 1. The first-order valence-corrected chi connectivity index (χ1v) is 6.51. The minimum atomic E-state index is -0.0884. The van der Waals surface area contributed by atoms with E-state index in [0.717, 1.165) is 17.0 Å². The lowest BCUT2D eigenvalue weighted by molar-refractivity contribution is 0.0784. The van der Waals surface area contributed by atoms with Gasteiger partial charge < -0.3 is 10.6 Å². The first kappa shape index (κ1) is 14.1. The van der Waals surface area contributed by atoms with Crippen LogP contribution < -0.4 is 5.73 Å². The molecule has 0 aliphatic carbocycles. The van der Waals surface area contributed by atoms with E-state index in [0.29, 0.717) is 17.8 Å². The van der Waals surface area contributed by atoms with Crippen molar-refractivity contribution in [2.75, 3.05) is 12.8 Å². The quantitative estimate of drug-likeness (QED) is 0.871. The van der Waals surface area contributed by atoms with Gasteiger partial charge in [0.05, 0.1) is 17.8 Å². The second-order valence-corrected chi connectivity index (χ2v) is 5.02. The molecule has 0 bridgehead atoms. The van der Waals surface area contributed by atoms with Crippen LogP contribution >= 0.6 is 0 Å². The molecule has 0 atom stereocenters. The maximum atomic E-state index is 12.4. The fourth-order valence-electron chi connectivity index (χ4n) is 2.06. The second-order valence-electron chi connectivity index (χ2n) is 5.02. The number of aryl methyl sites for hydroxylation is 2.